The van der Waals surface area contributed by atoms with E-state index in [0.717, 1.165) is 47.7 Å². The van der Waals surface area contributed by atoms with Crippen LogP contribution in [0.2, 0.25) is 0 Å². The van der Waals surface area contributed by atoms with Crippen molar-refractivity contribution >= 4 is 18.2 Å². The lowest BCUT2D eigenvalue weighted by Crippen LogP contribution is -2.48. The summed E-state index contributed by atoms with van der Waals surface area (Å²) >= 11 is 0. The van der Waals surface area contributed by atoms with Crippen molar-refractivity contribution in [3.05, 3.63) is 52.9 Å². The fourth-order valence-corrected chi connectivity index (χ4v) is 9.81. The van der Waals surface area contributed by atoms with Gasteiger partial charge < -0.3 is 4.57 Å². The van der Waals surface area contributed by atoms with Crippen LogP contribution in [0.1, 0.15) is 154 Å². The van der Waals surface area contributed by atoms with E-state index < -0.39 is 0 Å². The van der Waals surface area contributed by atoms with Crippen LogP contribution in [-0.4, -0.2) is 27.6 Å². The predicted octanol–water partition coefficient (Wildman–Crippen LogP) is 11.5. The molecule has 1 saturated carbocycles. The number of hydrogen-bond donors (Lipinski definition) is 0. The molecule has 0 amide bonds. The summed E-state index contributed by atoms with van der Waals surface area (Å²) in [4.78, 5) is 3.08. The number of allylic oxidation sites excluding steroid dienone is 5. The topological polar surface area (TPSA) is 8.17 Å². The van der Waals surface area contributed by atoms with Gasteiger partial charge in [0.25, 0.3) is 0 Å². The lowest BCUT2D eigenvalue weighted by molar-refractivity contribution is 0.0642. The Bertz CT molecular complexity index is 1150. The van der Waals surface area contributed by atoms with Crippen molar-refractivity contribution in [3.63, 3.8) is 0 Å². The van der Waals surface area contributed by atoms with Crippen LogP contribution in [0.5, 0.6) is 0 Å². The van der Waals surface area contributed by atoms with Gasteiger partial charge in [0.15, 0.2) is 0 Å². The summed E-state index contributed by atoms with van der Waals surface area (Å²) in [5.74, 6) is 4.18. The minimum absolute atomic E-state index is 0.634. The highest BCUT2D eigenvalue weighted by Crippen LogP contribution is 2.45. The number of hydrogen-bond acceptors (Lipinski definition) is 1. The average molecular weight is 585 g/mol. The summed E-state index contributed by atoms with van der Waals surface area (Å²) < 4.78 is 2.75. The van der Waals surface area contributed by atoms with Crippen LogP contribution in [0.25, 0.3) is 18.2 Å². The Labute approximate surface area is 265 Å². The van der Waals surface area contributed by atoms with Crippen molar-refractivity contribution in [1.82, 2.24) is 9.47 Å². The Balaban J connectivity index is 1.26. The van der Waals surface area contributed by atoms with Gasteiger partial charge in [-0.3, -0.25) is 4.90 Å². The summed E-state index contributed by atoms with van der Waals surface area (Å²) in [7, 11) is 0. The van der Waals surface area contributed by atoms with Gasteiger partial charge in [-0.05, 0) is 112 Å². The van der Waals surface area contributed by atoms with E-state index in [-0.39, 0.29) is 0 Å². The second-order valence-corrected chi connectivity index (χ2v) is 15.0. The molecule has 2 nitrogen and oxygen atoms in total. The smallest absolute Gasteiger partial charge is 0.0490 e. The molecule has 0 bridgehead atoms. The van der Waals surface area contributed by atoms with Gasteiger partial charge in [-0.15, -0.1) is 0 Å². The molecule has 4 aliphatic rings. The molecule has 1 aromatic rings. The van der Waals surface area contributed by atoms with Crippen molar-refractivity contribution in [2.75, 3.05) is 0 Å². The molecule has 0 aromatic carbocycles. The molecule has 2 heteroatoms. The second-order valence-electron chi connectivity index (χ2n) is 15.0. The fourth-order valence-electron chi connectivity index (χ4n) is 9.81. The fraction of sp³-hybridized carbons (Fsp3) is 0.707. The van der Waals surface area contributed by atoms with Crippen LogP contribution in [0, 0.1) is 29.6 Å². The van der Waals surface area contributed by atoms with Crippen LogP contribution < -0.4 is 0 Å². The third-order valence-corrected chi connectivity index (χ3v) is 12.7. The summed E-state index contributed by atoms with van der Waals surface area (Å²) in [5, 5.41) is 0. The highest BCUT2D eigenvalue weighted by atomic mass is 15.3. The Morgan fingerprint density at radius 1 is 0.860 bits per heavy atom. The number of likely N-dealkylation sites (tertiary alicyclic amines) is 1. The second kappa shape index (κ2) is 15.0. The highest BCUT2D eigenvalue weighted by molar-refractivity contribution is 5.75. The van der Waals surface area contributed by atoms with E-state index in [9.17, 15) is 0 Å². The summed E-state index contributed by atoms with van der Waals surface area (Å²) in [5.41, 5.74) is 5.99. The minimum atomic E-state index is 0.634. The van der Waals surface area contributed by atoms with Crippen LogP contribution in [0.3, 0.4) is 0 Å². The van der Waals surface area contributed by atoms with Gasteiger partial charge in [-0.1, -0.05) is 104 Å². The maximum Gasteiger partial charge on any atom is 0.0490 e. The lowest BCUT2D eigenvalue weighted by atomic mass is 9.76. The minimum Gasteiger partial charge on any atom is -0.338 e. The molecule has 7 atom stereocenters. The van der Waals surface area contributed by atoms with Crippen molar-refractivity contribution < 1.29 is 0 Å². The van der Waals surface area contributed by atoms with E-state index in [0.29, 0.717) is 6.04 Å². The summed E-state index contributed by atoms with van der Waals surface area (Å²) in [6.07, 6.45) is 35.7. The molecule has 0 radical (unpaired) electrons. The summed E-state index contributed by atoms with van der Waals surface area (Å²) in [6.45, 7) is 17.6. The van der Waals surface area contributed by atoms with Crippen molar-refractivity contribution in [2.24, 2.45) is 29.6 Å². The molecule has 2 heterocycles. The number of fused-ring (bicyclic) bond motifs is 3. The molecule has 1 aromatic heterocycles. The number of nitrogens with zero attached hydrogens (tertiary/aromatic N) is 2. The Morgan fingerprint density at radius 3 is 2.30 bits per heavy atom. The van der Waals surface area contributed by atoms with Gasteiger partial charge >= 0.3 is 0 Å². The van der Waals surface area contributed by atoms with Crippen molar-refractivity contribution in [2.45, 2.75) is 156 Å². The normalized spacial score (nSPS) is 32.4. The van der Waals surface area contributed by atoms with Gasteiger partial charge in [0.1, 0.15) is 0 Å². The van der Waals surface area contributed by atoms with E-state index in [2.05, 4.69) is 107 Å². The molecular formula is C41H64N2. The zero-order chi connectivity index (χ0) is 30.5. The lowest BCUT2D eigenvalue weighted by Gasteiger charge is -2.42. The van der Waals surface area contributed by atoms with E-state index in [1.807, 2.05) is 0 Å². The monoisotopic (exact) mass is 585 g/mol. The zero-order valence-corrected chi connectivity index (χ0v) is 28.9. The van der Waals surface area contributed by atoms with Gasteiger partial charge in [0.2, 0.25) is 0 Å². The molecule has 1 saturated heterocycles. The van der Waals surface area contributed by atoms with Crippen molar-refractivity contribution in [1.29, 1.82) is 0 Å². The Hall–Kier alpha value is -1.80. The van der Waals surface area contributed by atoms with E-state index >= 15 is 0 Å². The SMILES string of the molecule is CCCCC1C(CC)C(C)C(C)N1[C@@H](CCC(C)C1CCC(n2c3c(c4c2/C=C\C=C\C=C4)CCC=C3)CC1)C(C)CC. The van der Waals surface area contributed by atoms with Crippen molar-refractivity contribution in [3.8, 4) is 0 Å². The summed E-state index contributed by atoms with van der Waals surface area (Å²) in [6, 6.07) is 2.89. The zero-order valence-electron chi connectivity index (χ0n) is 28.9. The van der Waals surface area contributed by atoms with Gasteiger partial charge in [-0.2, -0.15) is 0 Å². The molecule has 238 valence electrons. The van der Waals surface area contributed by atoms with E-state index in [1.54, 1.807) is 5.56 Å². The molecular weight excluding hydrogens is 520 g/mol. The first kappa shape index (κ1) is 32.6. The average Bonchev–Trinajstić information content (AvgIpc) is 3.44. The first-order valence-electron chi connectivity index (χ1n) is 18.6. The van der Waals surface area contributed by atoms with Gasteiger partial charge in [0, 0.05) is 41.1 Å². The van der Waals surface area contributed by atoms with Crippen LogP contribution in [-0.2, 0) is 6.42 Å². The third kappa shape index (κ3) is 6.75. The molecule has 0 spiro atoms. The number of rotatable bonds is 12. The maximum absolute atomic E-state index is 3.08. The largest absolute Gasteiger partial charge is 0.338 e. The van der Waals surface area contributed by atoms with Crippen LogP contribution in [0.4, 0.5) is 0 Å². The standard InChI is InChI=1S/C41H64N2/c1-8-11-20-39-35(10-3)31(6)32(7)42(39)38(29(4)9-2)28-23-30(5)33-24-26-34(27-25-33)43-40-21-15-13-12-14-18-36(40)37-19-16-17-22-41(37)43/h12-15,17-18,21-22,29-35,38-39H,8-11,16,19-20,23-28H2,1-7H3/b13-12+,14-12?,15-13?,18-14?,21-15-,36-18?,40-21?/t29?,30?,31?,32?,33?,34?,35?,38-,39?/m0/s1. The molecule has 5 rings (SSSR count). The molecule has 1 aliphatic heterocycles. The molecule has 6 unspecified atom stereocenters. The third-order valence-electron chi connectivity index (χ3n) is 12.7. The molecule has 2 fully saturated rings. The molecule has 3 aliphatic carbocycles. The Morgan fingerprint density at radius 2 is 1.60 bits per heavy atom. The van der Waals surface area contributed by atoms with Gasteiger partial charge in [0.05, 0.1) is 0 Å². The number of aromatic nitrogens is 1. The first-order valence-corrected chi connectivity index (χ1v) is 18.6. The highest BCUT2D eigenvalue weighted by Gasteiger charge is 2.46. The van der Waals surface area contributed by atoms with E-state index in [1.165, 1.54) is 100 Å². The van der Waals surface area contributed by atoms with Crippen LogP contribution >= 0.6 is 0 Å². The number of unbranched alkanes of at least 4 members (excludes halogenated alkanes) is 1. The Kier molecular flexibility index (Phi) is 11.4. The van der Waals surface area contributed by atoms with E-state index in [4.69, 9.17) is 0 Å². The maximum atomic E-state index is 3.08. The molecule has 0 N–H and O–H groups in total. The molecule has 43 heavy (non-hydrogen) atoms. The van der Waals surface area contributed by atoms with Gasteiger partial charge in [-0.25, -0.2) is 0 Å². The predicted molar refractivity (Wildman–Crippen MR) is 189 cm³/mol. The van der Waals surface area contributed by atoms with Crippen LogP contribution in [0.15, 0.2) is 30.4 Å². The quantitative estimate of drug-likeness (QED) is 0.237. The first-order chi connectivity index (χ1) is 20.9.